The molecule has 1 atom stereocenters. The first-order valence-corrected chi connectivity index (χ1v) is 9.34. The van der Waals surface area contributed by atoms with Crippen molar-refractivity contribution in [2.45, 2.75) is 19.4 Å². The number of hydrogen-bond donors (Lipinski definition) is 2. The minimum atomic E-state index is -1.04. The van der Waals surface area contributed by atoms with Crippen LogP contribution in [-0.2, 0) is 9.53 Å². The number of ether oxygens (including phenoxy) is 1. The van der Waals surface area contributed by atoms with Crippen molar-refractivity contribution in [2.24, 2.45) is 0 Å². The Balaban J connectivity index is 1.66. The average Bonchev–Trinajstić information content (AvgIpc) is 3.23. The first-order valence-electron chi connectivity index (χ1n) is 8.54. The molecule has 1 aromatic heterocycles. The lowest BCUT2D eigenvalue weighted by Crippen LogP contribution is -2.32. The van der Waals surface area contributed by atoms with Gasteiger partial charge in [0.25, 0.3) is 5.91 Å². The number of H-pyrrole nitrogens is 1. The molecule has 0 bridgehead atoms. The summed E-state index contributed by atoms with van der Waals surface area (Å²) in [6.45, 7) is 1.70. The number of imidazole rings is 1. The summed E-state index contributed by atoms with van der Waals surface area (Å²) in [6, 6.07) is 10.9. The van der Waals surface area contributed by atoms with E-state index in [-0.39, 0.29) is 12.1 Å². The number of nitrogens with one attached hydrogen (secondary N) is 2. The number of carbonyl (C=O) groups excluding carboxylic acids is 2. The average molecular weight is 446 g/mol. The molecule has 1 heterocycles. The van der Waals surface area contributed by atoms with E-state index in [2.05, 4.69) is 31.2 Å². The summed E-state index contributed by atoms with van der Waals surface area (Å²) in [4.78, 5) is 31.9. The SMILES string of the molecule is CCC(OC(=O)c1ccc(-c2ncc[nH]2)cc1)C(=O)Nc1ccc(Br)cc1F. The summed E-state index contributed by atoms with van der Waals surface area (Å²) >= 11 is 3.15. The first kappa shape index (κ1) is 19.8. The highest BCUT2D eigenvalue weighted by Gasteiger charge is 2.23. The highest BCUT2D eigenvalue weighted by atomic mass is 79.9. The van der Waals surface area contributed by atoms with Crippen molar-refractivity contribution in [3.8, 4) is 11.4 Å². The van der Waals surface area contributed by atoms with E-state index in [1.807, 2.05) is 0 Å². The molecule has 2 aromatic carbocycles. The second-order valence-corrected chi connectivity index (χ2v) is 6.85. The summed E-state index contributed by atoms with van der Waals surface area (Å²) in [5.74, 6) is -1.13. The van der Waals surface area contributed by atoms with Crippen LogP contribution in [0.5, 0.6) is 0 Å². The largest absolute Gasteiger partial charge is 0.449 e. The summed E-state index contributed by atoms with van der Waals surface area (Å²) < 4.78 is 19.8. The number of aromatic amines is 1. The molecule has 2 N–H and O–H groups in total. The Morgan fingerprint density at radius 2 is 2.00 bits per heavy atom. The van der Waals surface area contributed by atoms with Crippen LogP contribution >= 0.6 is 15.9 Å². The van der Waals surface area contributed by atoms with Gasteiger partial charge in [-0.15, -0.1) is 0 Å². The van der Waals surface area contributed by atoms with Gasteiger partial charge in [-0.1, -0.05) is 35.0 Å². The summed E-state index contributed by atoms with van der Waals surface area (Å²) in [5, 5.41) is 2.45. The second-order valence-electron chi connectivity index (χ2n) is 5.93. The molecule has 1 amide bonds. The van der Waals surface area contributed by atoms with Crippen LogP contribution in [0.25, 0.3) is 11.4 Å². The zero-order valence-corrected chi connectivity index (χ0v) is 16.5. The number of hydrogen-bond acceptors (Lipinski definition) is 4. The van der Waals surface area contributed by atoms with Gasteiger partial charge in [-0.2, -0.15) is 0 Å². The third-order valence-corrected chi connectivity index (χ3v) is 4.49. The molecular formula is C20H17BrFN3O3. The van der Waals surface area contributed by atoms with Gasteiger partial charge in [-0.3, -0.25) is 4.79 Å². The smallest absolute Gasteiger partial charge is 0.338 e. The molecule has 0 saturated heterocycles. The molecule has 144 valence electrons. The molecule has 0 radical (unpaired) electrons. The molecule has 28 heavy (non-hydrogen) atoms. The minimum Gasteiger partial charge on any atom is -0.449 e. The molecule has 1 unspecified atom stereocenters. The molecule has 8 heteroatoms. The summed E-state index contributed by atoms with van der Waals surface area (Å²) in [5.41, 5.74) is 1.14. The maximum Gasteiger partial charge on any atom is 0.338 e. The van der Waals surface area contributed by atoms with Gasteiger partial charge in [0.1, 0.15) is 11.6 Å². The van der Waals surface area contributed by atoms with E-state index in [4.69, 9.17) is 4.74 Å². The Morgan fingerprint density at radius 1 is 1.25 bits per heavy atom. The highest BCUT2D eigenvalue weighted by Crippen LogP contribution is 2.20. The number of rotatable bonds is 6. The topological polar surface area (TPSA) is 84.1 Å². The lowest BCUT2D eigenvalue weighted by Gasteiger charge is -2.16. The van der Waals surface area contributed by atoms with Crippen LogP contribution in [0.3, 0.4) is 0 Å². The first-order chi connectivity index (χ1) is 13.5. The number of nitrogens with zero attached hydrogens (tertiary/aromatic N) is 1. The lowest BCUT2D eigenvalue weighted by atomic mass is 10.1. The Bertz CT molecular complexity index is 975. The molecule has 0 aliphatic rings. The number of amides is 1. The van der Waals surface area contributed by atoms with E-state index in [1.54, 1.807) is 49.6 Å². The van der Waals surface area contributed by atoms with Crippen molar-refractivity contribution in [1.82, 2.24) is 9.97 Å². The van der Waals surface area contributed by atoms with Gasteiger partial charge in [0.05, 0.1) is 11.3 Å². The fraction of sp³-hybridized carbons (Fsp3) is 0.150. The third kappa shape index (κ3) is 4.64. The fourth-order valence-corrected chi connectivity index (χ4v) is 2.84. The van der Waals surface area contributed by atoms with Crippen LogP contribution in [-0.4, -0.2) is 27.9 Å². The Labute approximate surface area is 169 Å². The van der Waals surface area contributed by atoms with Crippen LogP contribution in [0.2, 0.25) is 0 Å². The van der Waals surface area contributed by atoms with Crippen molar-refractivity contribution in [3.63, 3.8) is 0 Å². The Hall–Kier alpha value is -3.00. The number of carbonyl (C=O) groups is 2. The number of benzene rings is 2. The molecule has 3 aromatic rings. The van der Waals surface area contributed by atoms with E-state index in [0.717, 1.165) is 5.56 Å². The van der Waals surface area contributed by atoms with Gasteiger partial charge >= 0.3 is 5.97 Å². The normalized spacial score (nSPS) is 11.7. The predicted molar refractivity (Wildman–Crippen MR) is 106 cm³/mol. The third-order valence-electron chi connectivity index (χ3n) is 3.99. The Kier molecular flexibility index (Phi) is 6.20. The molecule has 0 saturated carbocycles. The predicted octanol–water partition coefficient (Wildman–Crippen LogP) is 4.55. The van der Waals surface area contributed by atoms with Crippen molar-refractivity contribution in [1.29, 1.82) is 0 Å². The van der Waals surface area contributed by atoms with Gasteiger partial charge in [0.2, 0.25) is 0 Å². The number of aromatic nitrogens is 2. The molecular weight excluding hydrogens is 429 g/mol. The van der Waals surface area contributed by atoms with Crippen LogP contribution < -0.4 is 5.32 Å². The van der Waals surface area contributed by atoms with E-state index in [1.165, 1.54) is 12.1 Å². The van der Waals surface area contributed by atoms with Crippen molar-refractivity contribution < 1.29 is 18.7 Å². The maximum absolute atomic E-state index is 13.9. The van der Waals surface area contributed by atoms with Gasteiger partial charge in [-0.05, 0) is 36.8 Å². The lowest BCUT2D eigenvalue weighted by molar-refractivity contribution is -0.124. The van der Waals surface area contributed by atoms with Crippen LogP contribution in [0.15, 0.2) is 59.3 Å². The van der Waals surface area contributed by atoms with Crippen molar-refractivity contribution in [3.05, 3.63) is 70.7 Å². The van der Waals surface area contributed by atoms with Crippen molar-refractivity contribution >= 4 is 33.5 Å². The van der Waals surface area contributed by atoms with Gasteiger partial charge in [0, 0.05) is 22.4 Å². The van der Waals surface area contributed by atoms with E-state index in [0.29, 0.717) is 15.9 Å². The standard InChI is InChI=1S/C20H17BrFN3O3/c1-2-17(19(26)25-16-8-7-14(21)11-15(16)22)28-20(27)13-5-3-12(4-6-13)18-23-9-10-24-18/h3-11,17H,2H2,1H3,(H,23,24)(H,25,26). The van der Waals surface area contributed by atoms with Crippen LogP contribution in [0, 0.1) is 5.82 Å². The van der Waals surface area contributed by atoms with Gasteiger partial charge in [-0.25, -0.2) is 14.2 Å². The van der Waals surface area contributed by atoms with Crippen LogP contribution in [0.4, 0.5) is 10.1 Å². The number of halogens is 2. The molecule has 6 nitrogen and oxygen atoms in total. The fourth-order valence-electron chi connectivity index (χ4n) is 2.51. The van der Waals surface area contributed by atoms with Crippen LogP contribution in [0.1, 0.15) is 23.7 Å². The summed E-state index contributed by atoms with van der Waals surface area (Å²) in [7, 11) is 0. The second kappa shape index (κ2) is 8.79. The molecule has 0 aliphatic heterocycles. The summed E-state index contributed by atoms with van der Waals surface area (Å²) in [6.07, 6.45) is 2.55. The highest BCUT2D eigenvalue weighted by molar-refractivity contribution is 9.10. The molecule has 0 fully saturated rings. The quantitative estimate of drug-likeness (QED) is 0.545. The Morgan fingerprint density at radius 3 is 2.61 bits per heavy atom. The van der Waals surface area contributed by atoms with E-state index < -0.39 is 23.8 Å². The minimum absolute atomic E-state index is 0.0190. The molecule has 3 rings (SSSR count). The number of anilines is 1. The molecule has 0 aliphatic carbocycles. The monoisotopic (exact) mass is 445 g/mol. The number of esters is 1. The van der Waals surface area contributed by atoms with Crippen molar-refractivity contribution in [2.75, 3.05) is 5.32 Å². The maximum atomic E-state index is 13.9. The molecule has 0 spiro atoms. The van der Waals surface area contributed by atoms with Gasteiger partial charge in [0.15, 0.2) is 6.10 Å². The van der Waals surface area contributed by atoms with Gasteiger partial charge < -0.3 is 15.0 Å². The van der Waals surface area contributed by atoms with E-state index in [9.17, 15) is 14.0 Å². The van der Waals surface area contributed by atoms with E-state index >= 15 is 0 Å². The zero-order chi connectivity index (χ0) is 20.1. The zero-order valence-electron chi connectivity index (χ0n) is 14.9.